The van der Waals surface area contributed by atoms with Crippen LogP contribution in [0.3, 0.4) is 0 Å². The summed E-state index contributed by atoms with van der Waals surface area (Å²) in [6, 6.07) is 1.75. The van der Waals surface area contributed by atoms with Crippen molar-refractivity contribution < 1.29 is 18.0 Å². The maximum absolute atomic E-state index is 11.8. The number of aromatic nitrogens is 2. The lowest BCUT2D eigenvalue weighted by atomic mass is 10.1. The van der Waals surface area contributed by atoms with Gasteiger partial charge in [0.2, 0.25) is 0 Å². The first kappa shape index (κ1) is 12.7. The molecule has 0 aliphatic heterocycles. The molecule has 0 spiro atoms. The van der Waals surface area contributed by atoms with Crippen LogP contribution < -0.4 is 0 Å². The molecule has 0 fully saturated rings. The molecule has 16 heavy (non-hydrogen) atoms. The molecule has 90 valence electrons. The van der Waals surface area contributed by atoms with Gasteiger partial charge in [-0.25, -0.2) is 0 Å². The van der Waals surface area contributed by atoms with Gasteiger partial charge in [-0.2, -0.15) is 18.3 Å². The Morgan fingerprint density at radius 3 is 2.62 bits per heavy atom. The van der Waals surface area contributed by atoms with Crippen LogP contribution in [0.25, 0.3) is 0 Å². The molecule has 1 aromatic heterocycles. The molecule has 6 heteroatoms. The molecule has 1 rings (SSSR count). The van der Waals surface area contributed by atoms with Gasteiger partial charge in [-0.05, 0) is 12.5 Å². The first-order chi connectivity index (χ1) is 7.38. The molecule has 0 aliphatic rings. The zero-order valence-corrected chi connectivity index (χ0v) is 8.92. The fourth-order valence-electron chi connectivity index (χ4n) is 1.32. The van der Waals surface area contributed by atoms with Crippen molar-refractivity contribution >= 4 is 5.78 Å². The van der Waals surface area contributed by atoms with Gasteiger partial charge in [0.1, 0.15) is 5.78 Å². The Hall–Kier alpha value is -1.33. The van der Waals surface area contributed by atoms with Gasteiger partial charge >= 0.3 is 6.18 Å². The Kier molecular flexibility index (Phi) is 4.09. The normalized spacial score (nSPS) is 11.8. The van der Waals surface area contributed by atoms with Crippen LogP contribution >= 0.6 is 0 Å². The standard InChI is InChI=1S/C10H13F3N2O/c1-15-8(5-7-14-15)2-3-9(16)4-6-10(11,12)13/h5,7H,2-4,6H2,1H3. The first-order valence-electron chi connectivity index (χ1n) is 4.94. The number of Topliss-reactive ketones (excluding diaryl/α,β-unsaturated/α-hetero) is 1. The van der Waals surface area contributed by atoms with Crippen LogP contribution in [-0.2, 0) is 18.3 Å². The zero-order valence-electron chi connectivity index (χ0n) is 8.92. The third-order valence-electron chi connectivity index (χ3n) is 2.27. The molecule has 1 aromatic rings. The van der Waals surface area contributed by atoms with Crippen molar-refractivity contribution in [3.05, 3.63) is 18.0 Å². The van der Waals surface area contributed by atoms with E-state index in [2.05, 4.69) is 5.10 Å². The largest absolute Gasteiger partial charge is 0.389 e. The number of hydrogen-bond donors (Lipinski definition) is 0. The summed E-state index contributed by atoms with van der Waals surface area (Å²) in [6.07, 6.45) is -3.54. The molecular formula is C10H13F3N2O. The third kappa shape index (κ3) is 4.46. The summed E-state index contributed by atoms with van der Waals surface area (Å²) in [7, 11) is 1.73. The predicted octanol–water partition coefficient (Wildman–Crippen LogP) is 2.26. The highest BCUT2D eigenvalue weighted by molar-refractivity contribution is 5.78. The summed E-state index contributed by atoms with van der Waals surface area (Å²) in [6.45, 7) is 0. The SMILES string of the molecule is Cn1nccc1CCC(=O)CCC(F)(F)F. The van der Waals surface area contributed by atoms with E-state index in [1.807, 2.05) is 0 Å². The fraction of sp³-hybridized carbons (Fsp3) is 0.600. The van der Waals surface area contributed by atoms with E-state index in [9.17, 15) is 18.0 Å². The predicted molar refractivity (Wildman–Crippen MR) is 51.8 cm³/mol. The van der Waals surface area contributed by atoms with Gasteiger partial charge in [0, 0.05) is 31.8 Å². The molecule has 0 radical (unpaired) electrons. The first-order valence-corrected chi connectivity index (χ1v) is 4.94. The van der Waals surface area contributed by atoms with Crippen LogP contribution in [0.5, 0.6) is 0 Å². The lowest BCUT2D eigenvalue weighted by Crippen LogP contribution is -2.11. The number of carbonyl (C=O) groups is 1. The van der Waals surface area contributed by atoms with E-state index < -0.39 is 19.0 Å². The highest BCUT2D eigenvalue weighted by Gasteiger charge is 2.27. The molecule has 0 saturated heterocycles. The highest BCUT2D eigenvalue weighted by atomic mass is 19.4. The average Bonchev–Trinajstić information content (AvgIpc) is 2.57. The second-order valence-corrected chi connectivity index (χ2v) is 3.60. The number of ketones is 1. The number of alkyl halides is 3. The van der Waals surface area contributed by atoms with Crippen LogP contribution in [0.2, 0.25) is 0 Å². The van der Waals surface area contributed by atoms with E-state index in [0.29, 0.717) is 6.42 Å². The summed E-state index contributed by atoms with van der Waals surface area (Å²) >= 11 is 0. The summed E-state index contributed by atoms with van der Waals surface area (Å²) in [4.78, 5) is 11.2. The number of rotatable bonds is 5. The van der Waals surface area contributed by atoms with Gasteiger partial charge in [0.25, 0.3) is 0 Å². The average molecular weight is 234 g/mol. The van der Waals surface area contributed by atoms with Crippen LogP contribution in [0.4, 0.5) is 13.2 Å². The Balaban J connectivity index is 2.29. The topological polar surface area (TPSA) is 34.9 Å². The van der Waals surface area contributed by atoms with Gasteiger partial charge in [-0.1, -0.05) is 0 Å². The van der Waals surface area contributed by atoms with Crippen molar-refractivity contribution in [3.63, 3.8) is 0 Å². The molecule has 0 aromatic carbocycles. The van der Waals surface area contributed by atoms with Crippen LogP contribution in [0.1, 0.15) is 25.0 Å². The molecule has 0 aliphatic carbocycles. The van der Waals surface area contributed by atoms with Crippen molar-refractivity contribution in [1.29, 1.82) is 0 Å². The summed E-state index contributed by atoms with van der Waals surface area (Å²) in [5.41, 5.74) is 0.848. The van der Waals surface area contributed by atoms with Crippen LogP contribution in [-0.4, -0.2) is 21.7 Å². The lowest BCUT2D eigenvalue weighted by molar-refractivity contribution is -0.143. The Morgan fingerprint density at radius 2 is 2.12 bits per heavy atom. The molecule has 0 saturated carbocycles. The number of carbonyl (C=O) groups excluding carboxylic acids is 1. The summed E-state index contributed by atoms with van der Waals surface area (Å²) in [5, 5.41) is 3.91. The second kappa shape index (κ2) is 5.14. The van der Waals surface area contributed by atoms with E-state index >= 15 is 0 Å². The lowest BCUT2D eigenvalue weighted by Gasteiger charge is -2.05. The van der Waals surface area contributed by atoms with E-state index in [4.69, 9.17) is 0 Å². The maximum atomic E-state index is 11.8. The van der Waals surface area contributed by atoms with Gasteiger partial charge in [-0.3, -0.25) is 9.48 Å². The van der Waals surface area contributed by atoms with Crippen molar-refractivity contribution in [2.24, 2.45) is 7.05 Å². The Labute approximate surface area is 91.3 Å². The molecule has 1 heterocycles. The summed E-state index contributed by atoms with van der Waals surface area (Å²) < 4.78 is 37.1. The molecule has 0 unspecified atom stereocenters. The van der Waals surface area contributed by atoms with Gasteiger partial charge in [0.05, 0.1) is 6.42 Å². The maximum Gasteiger partial charge on any atom is 0.389 e. The van der Waals surface area contributed by atoms with E-state index in [0.717, 1.165) is 5.69 Å². The molecule has 0 bridgehead atoms. The van der Waals surface area contributed by atoms with E-state index in [-0.39, 0.29) is 12.2 Å². The Morgan fingerprint density at radius 1 is 1.44 bits per heavy atom. The molecule has 0 atom stereocenters. The number of hydrogen-bond acceptors (Lipinski definition) is 2. The number of aryl methyl sites for hydroxylation is 2. The van der Waals surface area contributed by atoms with E-state index in [1.165, 1.54) is 0 Å². The van der Waals surface area contributed by atoms with Crippen molar-refractivity contribution in [2.75, 3.05) is 0 Å². The monoisotopic (exact) mass is 234 g/mol. The minimum absolute atomic E-state index is 0.135. The summed E-state index contributed by atoms with van der Waals surface area (Å²) in [5.74, 6) is -0.362. The fourth-order valence-corrected chi connectivity index (χ4v) is 1.32. The number of nitrogens with zero attached hydrogens (tertiary/aromatic N) is 2. The molecule has 0 N–H and O–H groups in total. The minimum Gasteiger partial charge on any atom is -0.300 e. The highest BCUT2D eigenvalue weighted by Crippen LogP contribution is 2.21. The van der Waals surface area contributed by atoms with Crippen molar-refractivity contribution in [1.82, 2.24) is 9.78 Å². The van der Waals surface area contributed by atoms with Crippen LogP contribution in [0, 0.1) is 0 Å². The zero-order chi connectivity index (χ0) is 12.2. The quantitative estimate of drug-likeness (QED) is 0.783. The molecular weight excluding hydrogens is 221 g/mol. The molecule has 3 nitrogen and oxygen atoms in total. The van der Waals surface area contributed by atoms with Crippen molar-refractivity contribution in [2.45, 2.75) is 31.9 Å². The van der Waals surface area contributed by atoms with Crippen LogP contribution in [0.15, 0.2) is 12.3 Å². The van der Waals surface area contributed by atoms with Gasteiger partial charge in [-0.15, -0.1) is 0 Å². The Bertz CT molecular complexity index is 357. The second-order valence-electron chi connectivity index (χ2n) is 3.60. The smallest absolute Gasteiger partial charge is 0.300 e. The van der Waals surface area contributed by atoms with Gasteiger partial charge in [0.15, 0.2) is 0 Å². The minimum atomic E-state index is -4.25. The van der Waals surface area contributed by atoms with E-state index in [1.54, 1.807) is 24.0 Å². The molecule has 0 amide bonds. The number of halogens is 3. The van der Waals surface area contributed by atoms with Gasteiger partial charge < -0.3 is 0 Å². The van der Waals surface area contributed by atoms with Crippen molar-refractivity contribution in [3.8, 4) is 0 Å². The third-order valence-corrected chi connectivity index (χ3v) is 2.27.